The van der Waals surface area contributed by atoms with Crippen molar-refractivity contribution in [1.82, 2.24) is 14.9 Å². The molecule has 0 saturated carbocycles. The average Bonchev–Trinajstić information content (AvgIpc) is 2.80. The largest absolute Gasteiger partial charge is 0.350 e. The molecule has 0 atom stereocenters. The van der Waals surface area contributed by atoms with Gasteiger partial charge in [0.25, 0.3) is 5.91 Å². The molecule has 0 bridgehead atoms. The molecule has 0 aliphatic heterocycles. The van der Waals surface area contributed by atoms with Crippen LogP contribution in [0.15, 0.2) is 77.7 Å². The molecule has 2 N–H and O–H groups in total. The normalized spacial score (nSPS) is 10.7. The van der Waals surface area contributed by atoms with Gasteiger partial charge in [-0.25, -0.2) is 9.37 Å². The molecule has 166 valence electrons. The van der Waals surface area contributed by atoms with E-state index in [2.05, 4.69) is 15.6 Å². The third kappa shape index (κ3) is 5.12. The molecule has 0 fully saturated rings. The Morgan fingerprint density at radius 2 is 1.82 bits per heavy atom. The average molecular weight is 444 g/mol. The first-order valence-electron chi connectivity index (χ1n) is 10.3. The van der Waals surface area contributed by atoms with Crippen LogP contribution in [0.25, 0.3) is 11.0 Å². The van der Waals surface area contributed by atoms with E-state index in [-0.39, 0.29) is 29.1 Å². The highest BCUT2D eigenvalue weighted by molar-refractivity contribution is 6.05. The van der Waals surface area contributed by atoms with Crippen LogP contribution in [0.2, 0.25) is 0 Å². The molecule has 8 heteroatoms. The van der Waals surface area contributed by atoms with Crippen molar-refractivity contribution in [1.29, 1.82) is 0 Å². The summed E-state index contributed by atoms with van der Waals surface area (Å²) in [5.41, 5.74) is 1.43. The van der Waals surface area contributed by atoms with Gasteiger partial charge in [0.1, 0.15) is 23.6 Å². The summed E-state index contributed by atoms with van der Waals surface area (Å²) in [7, 11) is 0. The fraction of sp³-hybridized carbons (Fsp3) is 0.120. The molecule has 2 amide bonds. The van der Waals surface area contributed by atoms with E-state index in [1.54, 1.807) is 19.1 Å². The van der Waals surface area contributed by atoms with E-state index in [9.17, 15) is 18.8 Å². The summed E-state index contributed by atoms with van der Waals surface area (Å²) in [6.45, 7) is 1.98. The molecule has 33 heavy (non-hydrogen) atoms. The summed E-state index contributed by atoms with van der Waals surface area (Å²) >= 11 is 0. The summed E-state index contributed by atoms with van der Waals surface area (Å²) in [5.74, 6) is -1.52. The van der Waals surface area contributed by atoms with Crippen LogP contribution < -0.4 is 16.1 Å². The van der Waals surface area contributed by atoms with Crippen LogP contribution in [0.5, 0.6) is 0 Å². The number of nitrogens with zero attached hydrogens (tertiary/aromatic N) is 2. The van der Waals surface area contributed by atoms with Crippen molar-refractivity contribution in [3.63, 3.8) is 0 Å². The predicted octanol–water partition coefficient (Wildman–Crippen LogP) is 3.41. The van der Waals surface area contributed by atoms with Crippen molar-refractivity contribution in [2.45, 2.75) is 20.0 Å². The molecule has 2 heterocycles. The number of aryl methyl sites for hydroxylation is 1. The van der Waals surface area contributed by atoms with Gasteiger partial charge >= 0.3 is 0 Å². The van der Waals surface area contributed by atoms with Crippen molar-refractivity contribution >= 4 is 28.5 Å². The van der Waals surface area contributed by atoms with Crippen LogP contribution in [0.3, 0.4) is 0 Å². The van der Waals surface area contributed by atoms with Gasteiger partial charge in [-0.1, -0.05) is 36.4 Å². The molecular weight excluding hydrogens is 423 g/mol. The highest BCUT2D eigenvalue weighted by Crippen LogP contribution is 2.14. The zero-order chi connectivity index (χ0) is 23.4. The number of carbonyl (C=O) groups excluding carboxylic acids is 2. The Labute approximate surface area is 188 Å². The Morgan fingerprint density at radius 1 is 1.03 bits per heavy atom. The highest BCUT2D eigenvalue weighted by atomic mass is 19.1. The quantitative estimate of drug-likeness (QED) is 0.477. The summed E-state index contributed by atoms with van der Waals surface area (Å²) in [6, 6.07) is 18.1. The Kier molecular flexibility index (Phi) is 6.26. The maximum absolute atomic E-state index is 13.5. The van der Waals surface area contributed by atoms with Gasteiger partial charge in [0, 0.05) is 24.1 Å². The molecule has 4 rings (SSSR count). The number of pyridine rings is 2. The van der Waals surface area contributed by atoms with Crippen molar-refractivity contribution in [3.05, 3.63) is 106 Å². The Hall–Kier alpha value is -4.33. The number of carbonyl (C=O) groups is 2. The zero-order valence-corrected chi connectivity index (χ0v) is 17.8. The van der Waals surface area contributed by atoms with Crippen LogP contribution >= 0.6 is 0 Å². The van der Waals surface area contributed by atoms with Gasteiger partial charge in [-0.3, -0.25) is 14.4 Å². The number of halogens is 1. The molecule has 2 aromatic carbocycles. The number of hydrogen-bond donors (Lipinski definition) is 2. The molecule has 0 saturated heterocycles. The molecular formula is C25H21FN4O3. The second-order valence-corrected chi connectivity index (χ2v) is 7.55. The number of amides is 2. The van der Waals surface area contributed by atoms with E-state index in [1.807, 2.05) is 30.3 Å². The number of rotatable bonds is 6. The second kappa shape index (κ2) is 9.44. The number of hydrogen-bond acceptors (Lipinski definition) is 4. The van der Waals surface area contributed by atoms with Crippen LogP contribution in [0.4, 0.5) is 10.1 Å². The molecule has 2 aromatic heterocycles. The van der Waals surface area contributed by atoms with Gasteiger partial charge in [0.05, 0.1) is 5.39 Å². The Bertz CT molecular complexity index is 1400. The van der Waals surface area contributed by atoms with Gasteiger partial charge in [-0.2, -0.15) is 0 Å². The summed E-state index contributed by atoms with van der Waals surface area (Å²) in [4.78, 5) is 42.9. The SMILES string of the molecule is Cc1ccc2c(=O)c(C(=O)Nc3cccc(F)c3)cn(CC(=O)NCc3ccccc3)c2n1. The Morgan fingerprint density at radius 3 is 2.58 bits per heavy atom. The molecule has 7 nitrogen and oxygen atoms in total. The number of anilines is 1. The molecule has 0 unspecified atom stereocenters. The van der Waals surface area contributed by atoms with Crippen molar-refractivity contribution in [2.75, 3.05) is 5.32 Å². The fourth-order valence-corrected chi connectivity index (χ4v) is 3.41. The van der Waals surface area contributed by atoms with E-state index < -0.39 is 17.2 Å². The number of fused-ring (bicyclic) bond motifs is 1. The van der Waals surface area contributed by atoms with E-state index in [0.29, 0.717) is 17.9 Å². The third-order valence-corrected chi connectivity index (χ3v) is 5.03. The first kappa shape index (κ1) is 21.9. The minimum Gasteiger partial charge on any atom is -0.350 e. The fourth-order valence-electron chi connectivity index (χ4n) is 3.41. The van der Waals surface area contributed by atoms with Crippen molar-refractivity contribution in [2.24, 2.45) is 0 Å². The lowest BCUT2D eigenvalue weighted by Gasteiger charge is -2.14. The van der Waals surface area contributed by atoms with Crippen molar-refractivity contribution in [3.8, 4) is 0 Å². The Balaban J connectivity index is 1.65. The molecule has 0 aliphatic carbocycles. The van der Waals surface area contributed by atoms with E-state index in [0.717, 1.165) is 11.6 Å². The van der Waals surface area contributed by atoms with E-state index in [4.69, 9.17) is 0 Å². The predicted molar refractivity (Wildman–Crippen MR) is 123 cm³/mol. The molecule has 4 aromatic rings. The summed E-state index contributed by atoms with van der Waals surface area (Å²) < 4.78 is 15.0. The number of benzene rings is 2. The van der Waals surface area contributed by atoms with Gasteiger partial charge < -0.3 is 15.2 Å². The lowest BCUT2D eigenvalue weighted by atomic mass is 10.1. The maximum atomic E-state index is 13.5. The molecule has 0 radical (unpaired) electrons. The van der Waals surface area contributed by atoms with Crippen LogP contribution in [-0.2, 0) is 17.9 Å². The summed E-state index contributed by atoms with van der Waals surface area (Å²) in [6.07, 6.45) is 1.31. The molecule has 0 spiro atoms. The van der Waals surface area contributed by atoms with Gasteiger partial charge in [-0.05, 0) is 42.8 Å². The van der Waals surface area contributed by atoms with E-state index >= 15 is 0 Å². The van der Waals surface area contributed by atoms with Gasteiger partial charge in [-0.15, -0.1) is 0 Å². The van der Waals surface area contributed by atoms with Gasteiger partial charge in [0.2, 0.25) is 11.3 Å². The zero-order valence-electron chi connectivity index (χ0n) is 17.8. The maximum Gasteiger partial charge on any atom is 0.261 e. The minimum atomic E-state index is -0.702. The molecule has 0 aliphatic rings. The van der Waals surface area contributed by atoms with Crippen molar-refractivity contribution < 1.29 is 14.0 Å². The lowest BCUT2D eigenvalue weighted by molar-refractivity contribution is -0.121. The van der Waals surface area contributed by atoms with Crippen LogP contribution in [0.1, 0.15) is 21.6 Å². The third-order valence-electron chi connectivity index (χ3n) is 5.03. The lowest BCUT2D eigenvalue weighted by Crippen LogP contribution is -2.30. The summed E-state index contributed by atoms with van der Waals surface area (Å²) in [5, 5.41) is 5.57. The first-order chi connectivity index (χ1) is 15.9. The minimum absolute atomic E-state index is 0.139. The first-order valence-corrected chi connectivity index (χ1v) is 10.3. The second-order valence-electron chi connectivity index (χ2n) is 7.55. The smallest absolute Gasteiger partial charge is 0.261 e. The topological polar surface area (TPSA) is 93.1 Å². The standard InChI is InChI=1S/C25H21FN4O3/c1-16-10-11-20-23(32)21(25(33)29-19-9-5-8-18(26)12-19)14-30(24(20)28-16)15-22(31)27-13-17-6-3-2-4-7-17/h2-12,14H,13,15H2,1H3,(H,27,31)(H,29,33). The number of nitrogens with one attached hydrogen (secondary N) is 2. The number of aromatic nitrogens is 2. The van der Waals surface area contributed by atoms with Crippen LogP contribution in [-0.4, -0.2) is 21.4 Å². The van der Waals surface area contributed by atoms with Gasteiger partial charge in [0.15, 0.2) is 0 Å². The van der Waals surface area contributed by atoms with Crippen LogP contribution in [0, 0.1) is 12.7 Å². The monoisotopic (exact) mass is 444 g/mol. The van der Waals surface area contributed by atoms with E-state index in [1.165, 1.54) is 29.0 Å². The highest BCUT2D eigenvalue weighted by Gasteiger charge is 2.18.